The van der Waals surface area contributed by atoms with Crippen LogP contribution < -0.4 is 0 Å². The largest absolute Gasteiger partial charge is 0.469 e. The zero-order valence-corrected chi connectivity index (χ0v) is 15.7. The first-order valence-corrected chi connectivity index (χ1v) is 18.7. The second-order valence-electron chi connectivity index (χ2n) is 5.87. The minimum atomic E-state index is -2.26. The van der Waals surface area contributed by atoms with Crippen molar-refractivity contribution in [2.45, 2.75) is 45.2 Å². The van der Waals surface area contributed by atoms with Crippen LogP contribution in [0.4, 0.5) is 0 Å². The molecule has 0 aliphatic carbocycles. The molecule has 0 N–H and O–H groups in total. The van der Waals surface area contributed by atoms with E-state index < -0.39 is 31.8 Å². The van der Waals surface area contributed by atoms with Gasteiger partial charge in [0.15, 0.2) is 15.7 Å². The van der Waals surface area contributed by atoms with Gasteiger partial charge in [-0.05, 0) is 44.9 Å². The summed E-state index contributed by atoms with van der Waals surface area (Å²) in [7, 11) is -7.18. The SMILES string of the molecule is C[Si]1(C)O[Si]2(CCCS)O[Si](C)(C)[Si]1(C)O2. The van der Waals surface area contributed by atoms with E-state index in [0.717, 1.165) is 18.2 Å². The Hall–Kier alpha value is 1.10. The van der Waals surface area contributed by atoms with Crippen LogP contribution in [0.15, 0.2) is 0 Å². The minimum Gasteiger partial charge on any atom is -0.417 e. The molecule has 0 amide bonds. The topological polar surface area (TPSA) is 27.7 Å². The van der Waals surface area contributed by atoms with Gasteiger partial charge in [-0.15, -0.1) is 0 Å². The fourth-order valence-corrected chi connectivity index (χ4v) is 54.0. The number of hydrogen-bond donors (Lipinski definition) is 1. The first-order valence-electron chi connectivity index (χ1n) is 5.89. The summed E-state index contributed by atoms with van der Waals surface area (Å²) in [6.45, 7) is 11.7. The molecule has 2 heterocycles. The van der Waals surface area contributed by atoms with Gasteiger partial charge < -0.3 is 12.3 Å². The molecule has 0 saturated carbocycles. The Morgan fingerprint density at radius 2 is 1.38 bits per heavy atom. The molecule has 8 heteroatoms. The molecule has 2 aliphatic heterocycles. The van der Waals surface area contributed by atoms with Gasteiger partial charge in [0.1, 0.15) is 0 Å². The van der Waals surface area contributed by atoms with Crippen molar-refractivity contribution in [3.05, 3.63) is 0 Å². The Kier molecular flexibility index (Phi) is 3.21. The van der Waals surface area contributed by atoms with Crippen LogP contribution in [0.3, 0.4) is 0 Å². The molecule has 2 bridgehead atoms. The zero-order chi connectivity index (χ0) is 12.2. The molecular weight excluding hydrogens is 288 g/mol. The van der Waals surface area contributed by atoms with E-state index in [9.17, 15) is 0 Å². The lowest BCUT2D eigenvalue weighted by Crippen LogP contribution is -2.72. The van der Waals surface area contributed by atoms with Crippen LogP contribution in [0.5, 0.6) is 0 Å². The lowest BCUT2D eigenvalue weighted by molar-refractivity contribution is 0.305. The third-order valence-electron chi connectivity index (χ3n) is 4.12. The van der Waals surface area contributed by atoms with Crippen molar-refractivity contribution < 1.29 is 12.3 Å². The molecular formula is C8H22O3SSi4. The van der Waals surface area contributed by atoms with Gasteiger partial charge >= 0.3 is 8.80 Å². The molecule has 0 aromatic carbocycles. The Morgan fingerprint density at radius 1 is 0.875 bits per heavy atom. The van der Waals surface area contributed by atoms with Gasteiger partial charge in [0.2, 0.25) is 7.35 Å². The molecule has 0 aromatic heterocycles. The van der Waals surface area contributed by atoms with E-state index >= 15 is 0 Å². The summed E-state index contributed by atoms with van der Waals surface area (Å²) in [5, 5.41) is 0. The first kappa shape index (κ1) is 13.5. The van der Waals surface area contributed by atoms with Gasteiger partial charge in [-0.2, -0.15) is 12.6 Å². The van der Waals surface area contributed by atoms with Crippen LogP contribution in [-0.2, 0) is 12.3 Å². The van der Waals surface area contributed by atoms with Crippen molar-refractivity contribution in [2.24, 2.45) is 0 Å². The molecule has 2 aliphatic rings. The molecule has 0 aromatic rings. The van der Waals surface area contributed by atoms with Crippen molar-refractivity contribution in [2.75, 3.05) is 5.75 Å². The first-order chi connectivity index (χ1) is 7.18. The van der Waals surface area contributed by atoms with Crippen molar-refractivity contribution in [3.8, 4) is 0 Å². The third-order valence-corrected chi connectivity index (χ3v) is 47.7. The lowest BCUT2D eigenvalue weighted by Gasteiger charge is -2.42. The normalized spacial score (nSPS) is 43.9. The van der Waals surface area contributed by atoms with E-state index in [0.29, 0.717) is 0 Å². The van der Waals surface area contributed by atoms with E-state index in [4.69, 9.17) is 12.3 Å². The monoisotopic (exact) mass is 310 g/mol. The summed E-state index contributed by atoms with van der Waals surface area (Å²) >= 11 is 4.28. The van der Waals surface area contributed by atoms with E-state index in [1.165, 1.54) is 0 Å². The van der Waals surface area contributed by atoms with Crippen LogP contribution in [0, 0.1) is 0 Å². The molecule has 0 spiro atoms. The smallest absolute Gasteiger partial charge is 0.417 e. The lowest BCUT2D eigenvalue weighted by atomic mass is 10.6. The highest BCUT2D eigenvalue weighted by molar-refractivity contribution is 7.80. The van der Waals surface area contributed by atoms with Crippen LogP contribution in [-0.4, -0.2) is 37.6 Å². The average molecular weight is 311 g/mol. The Bertz CT molecular complexity index is 292. The summed E-state index contributed by atoms with van der Waals surface area (Å²) in [5.74, 6) is 0.896. The van der Waals surface area contributed by atoms with Gasteiger partial charge in [-0.25, -0.2) is 0 Å². The summed E-state index contributed by atoms with van der Waals surface area (Å²) in [4.78, 5) is 0. The van der Waals surface area contributed by atoms with Gasteiger partial charge in [-0.3, -0.25) is 0 Å². The molecule has 2 saturated heterocycles. The highest BCUT2D eigenvalue weighted by atomic mass is 32.1. The Balaban J connectivity index is 2.29. The average Bonchev–Trinajstić information content (AvgIpc) is 2.42. The number of thiol groups is 1. The van der Waals surface area contributed by atoms with Gasteiger partial charge in [-0.1, -0.05) is 0 Å². The maximum absolute atomic E-state index is 6.50. The van der Waals surface area contributed by atoms with Crippen molar-refractivity contribution in [3.63, 3.8) is 0 Å². The second kappa shape index (κ2) is 3.79. The molecule has 0 unspecified atom stereocenters. The highest BCUT2D eigenvalue weighted by Gasteiger charge is 2.79. The van der Waals surface area contributed by atoms with Crippen LogP contribution >= 0.6 is 12.6 Å². The Labute approximate surface area is 108 Å². The number of hydrogen-bond acceptors (Lipinski definition) is 4. The summed E-state index contributed by atoms with van der Waals surface area (Å²) in [6, 6.07) is 0.978. The van der Waals surface area contributed by atoms with Gasteiger partial charge in [0.05, 0.1) is 0 Å². The molecule has 2 fully saturated rings. The summed E-state index contributed by atoms with van der Waals surface area (Å²) < 4.78 is 19.2. The molecule has 16 heavy (non-hydrogen) atoms. The van der Waals surface area contributed by atoms with Crippen molar-refractivity contribution in [1.82, 2.24) is 0 Å². The zero-order valence-electron chi connectivity index (χ0n) is 10.8. The van der Waals surface area contributed by atoms with E-state index in [2.05, 4.69) is 45.4 Å². The summed E-state index contributed by atoms with van der Waals surface area (Å²) in [6.07, 6.45) is 1.05. The third kappa shape index (κ3) is 1.69. The minimum absolute atomic E-state index is 0.896. The quantitative estimate of drug-likeness (QED) is 0.641. The molecule has 3 nitrogen and oxygen atoms in total. The Morgan fingerprint density at radius 3 is 1.75 bits per heavy atom. The molecule has 0 atom stereocenters. The van der Waals surface area contributed by atoms with Crippen LogP contribution in [0.2, 0.25) is 38.8 Å². The fraction of sp³-hybridized carbons (Fsp3) is 1.00. The number of rotatable bonds is 3. The van der Waals surface area contributed by atoms with Gasteiger partial charge in [0.25, 0.3) is 0 Å². The second-order valence-corrected chi connectivity index (χ2v) is 33.2. The predicted octanol–water partition coefficient (Wildman–Crippen LogP) is 2.46. The molecule has 2 rings (SSSR count). The van der Waals surface area contributed by atoms with Crippen LogP contribution in [0.25, 0.3) is 0 Å². The standard InChI is InChI=1S/C8H22O3SSi4/c1-13(2)9-16(8-6-7-12)10-14(3,4)15(13,5)11-16/h12H,6-8H2,1-5H3. The summed E-state index contributed by atoms with van der Waals surface area (Å²) in [5.41, 5.74) is 0. The van der Waals surface area contributed by atoms with Crippen molar-refractivity contribution >= 4 is 44.5 Å². The maximum atomic E-state index is 6.50. The van der Waals surface area contributed by atoms with E-state index in [1.807, 2.05) is 0 Å². The fourth-order valence-electron chi connectivity index (χ4n) is 2.77. The highest BCUT2D eigenvalue weighted by Crippen LogP contribution is 2.51. The van der Waals surface area contributed by atoms with Crippen molar-refractivity contribution in [1.29, 1.82) is 0 Å². The molecule has 94 valence electrons. The predicted molar refractivity (Wildman–Crippen MR) is 78.9 cm³/mol. The number of fused-ring (bicyclic) bond motifs is 2. The van der Waals surface area contributed by atoms with Crippen LogP contribution in [0.1, 0.15) is 6.42 Å². The van der Waals surface area contributed by atoms with E-state index in [-0.39, 0.29) is 0 Å². The van der Waals surface area contributed by atoms with E-state index in [1.54, 1.807) is 0 Å². The van der Waals surface area contributed by atoms with Gasteiger partial charge in [0, 0.05) is 6.04 Å². The maximum Gasteiger partial charge on any atom is 0.469 e. The molecule has 0 radical (unpaired) electrons.